The molecule has 0 atom stereocenters. The summed E-state index contributed by atoms with van der Waals surface area (Å²) in [6.45, 7) is 0. The number of rotatable bonds is 5. The molecule has 0 aliphatic heterocycles. The number of nitro benzene ring substituents is 1. The van der Waals surface area contributed by atoms with Crippen LogP contribution in [0.4, 0.5) is 28.9 Å². The lowest BCUT2D eigenvalue weighted by Gasteiger charge is -2.15. The van der Waals surface area contributed by atoms with Crippen molar-refractivity contribution in [3.05, 3.63) is 92.7 Å². The summed E-state index contributed by atoms with van der Waals surface area (Å²) in [6.07, 6.45) is -4.71. The van der Waals surface area contributed by atoms with Crippen LogP contribution in [0.2, 0.25) is 5.02 Å². The number of nitrogens with one attached hydrogen (secondary N) is 1. The van der Waals surface area contributed by atoms with E-state index in [1.165, 1.54) is 12.1 Å². The predicted octanol–water partition coefficient (Wildman–Crippen LogP) is 6.45. The second-order valence-corrected chi connectivity index (χ2v) is 6.55. The second kappa shape index (κ2) is 8.60. The van der Waals surface area contributed by atoms with Crippen molar-refractivity contribution in [2.45, 2.75) is 6.18 Å². The zero-order valence-electron chi connectivity index (χ0n) is 15.2. The number of halogens is 5. The SMILES string of the molecule is O=C(Nc1cc(C(F)(F)F)ccc1Oc1ccc(F)cc1)c1cc([N+](=O)[O-])ccc1Cl. The van der Waals surface area contributed by atoms with E-state index in [0.29, 0.717) is 6.07 Å². The largest absolute Gasteiger partial charge is 0.455 e. The Morgan fingerprint density at radius 1 is 1.03 bits per heavy atom. The molecule has 6 nitrogen and oxygen atoms in total. The first-order valence-corrected chi connectivity index (χ1v) is 8.82. The summed E-state index contributed by atoms with van der Waals surface area (Å²) < 4.78 is 58.0. The zero-order valence-corrected chi connectivity index (χ0v) is 16.0. The summed E-state index contributed by atoms with van der Waals surface area (Å²) in [5, 5.41) is 13.0. The van der Waals surface area contributed by atoms with Gasteiger partial charge in [-0.1, -0.05) is 11.6 Å². The Balaban J connectivity index is 1.99. The number of hydrogen-bond donors (Lipinski definition) is 1. The maximum atomic E-state index is 13.1. The number of carbonyl (C=O) groups excluding carboxylic acids is 1. The third-order valence-corrected chi connectivity index (χ3v) is 4.33. The summed E-state index contributed by atoms with van der Waals surface area (Å²) in [6, 6.07) is 10.1. The van der Waals surface area contributed by atoms with Gasteiger partial charge in [-0.25, -0.2) is 4.39 Å². The lowest BCUT2D eigenvalue weighted by Crippen LogP contribution is -2.15. The minimum absolute atomic E-state index is 0.102. The molecule has 0 bridgehead atoms. The van der Waals surface area contributed by atoms with Gasteiger partial charge in [-0.05, 0) is 48.5 Å². The molecule has 0 aromatic heterocycles. The average Bonchev–Trinajstić information content (AvgIpc) is 2.70. The summed E-state index contributed by atoms with van der Waals surface area (Å²) in [7, 11) is 0. The molecule has 0 saturated carbocycles. The van der Waals surface area contributed by atoms with Gasteiger partial charge in [0.2, 0.25) is 0 Å². The van der Waals surface area contributed by atoms with Gasteiger partial charge >= 0.3 is 6.18 Å². The van der Waals surface area contributed by atoms with Crippen LogP contribution in [0, 0.1) is 15.9 Å². The fraction of sp³-hybridized carbons (Fsp3) is 0.0500. The number of non-ortho nitro benzene ring substituents is 1. The molecule has 31 heavy (non-hydrogen) atoms. The van der Waals surface area contributed by atoms with E-state index < -0.39 is 34.1 Å². The number of ether oxygens (including phenoxy) is 1. The standard InChI is InChI=1S/C20H11ClF4N2O4/c21-16-7-4-13(27(29)30)10-15(16)19(28)26-17-9-11(20(23,24)25)1-8-18(17)31-14-5-2-12(22)3-6-14/h1-10H,(H,26,28). The third kappa shape index (κ3) is 5.28. The van der Waals surface area contributed by atoms with E-state index in [1.54, 1.807) is 0 Å². The topological polar surface area (TPSA) is 81.5 Å². The van der Waals surface area contributed by atoms with Gasteiger partial charge in [0.1, 0.15) is 11.6 Å². The first-order valence-electron chi connectivity index (χ1n) is 8.44. The van der Waals surface area contributed by atoms with E-state index in [9.17, 15) is 32.5 Å². The quantitative estimate of drug-likeness (QED) is 0.273. The van der Waals surface area contributed by atoms with Crippen LogP contribution in [0.15, 0.2) is 60.7 Å². The normalized spacial score (nSPS) is 11.1. The third-order valence-electron chi connectivity index (χ3n) is 4.00. The molecule has 0 fully saturated rings. The predicted molar refractivity (Wildman–Crippen MR) is 104 cm³/mol. The highest BCUT2D eigenvalue weighted by Crippen LogP contribution is 2.37. The molecular weight excluding hydrogens is 444 g/mol. The fourth-order valence-electron chi connectivity index (χ4n) is 2.51. The van der Waals surface area contributed by atoms with E-state index in [0.717, 1.165) is 42.5 Å². The molecular formula is C20H11ClF4N2O4. The molecule has 160 valence electrons. The molecule has 0 saturated heterocycles. The lowest BCUT2D eigenvalue weighted by atomic mass is 10.1. The van der Waals surface area contributed by atoms with Crippen LogP contribution < -0.4 is 10.1 Å². The highest BCUT2D eigenvalue weighted by molar-refractivity contribution is 6.34. The monoisotopic (exact) mass is 454 g/mol. The van der Waals surface area contributed by atoms with Crippen molar-refractivity contribution < 1.29 is 32.0 Å². The fourth-order valence-corrected chi connectivity index (χ4v) is 2.72. The van der Waals surface area contributed by atoms with Crippen LogP contribution in [-0.4, -0.2) is 10.8 Å². The van der Waals surface area contributed by atoms with Crippen molar-refractivity contribution in [3.63, 3.8) is 0 Å². The number of amides is 1. The van der Waals surface area contributed by atoms with Gasteiger partial charge in [-0.2, -0.15) is 13.2 Å². The van der Waals surface area contributed by atoms with Crippen molar-refractivity contribution in [2.75, 3.05) is 5.32 Å². The Hall–Kier alpha value is -3.66. The van der Waals surface area contributed by atoms with Gasteiger partial charge in [-0.3, -0.25) is 14.9 Å². The molecule has 0 aliphatic carbocycles. The molecule has 0 heterocycles. The Morgan fingerprint density at radius 3 is 2.32 bits per heavy atom. The van der Waals surface area contributed by atoms with Crippen molar-refractivity contribution in [2.24, 2.45) is 0 Å². The van der Waals surface area contributed by atoms with Gasteiger partial charge in [0.25, 0.3) is 11.6 Å². The number of benzene rings is 3. The Kier molecular flexibility index (Phi) is 6.11. The van der Waals surface area contributed by atoms with Crippen LogP contribution in [0.25, 0.3) is 0 Å². The average molecular weight is 455 g/mol. The maximum absolute atomic E-state index is 13.1. The van der Waals surface area contributed by atoms with Crippen LogP contribution in [0.1, 0.15) is 15.9 Å². The smallest absolute Gasteiger partial charge is 0.416 e. The summed E-state index contributed by atoms with van der Waals surface area (Å²) in [4.78, 5) is 22.8. The summed E-state index contributed by atoms with van der Waals surface area (Å²) in [5.41, 5.74) is -2.19. The van der Waals surface area contributed by atoms with E-state index in [1.807, 2.05) is 0 Å². The van der Waals surface area contributed by atoms with Crippen LogP contribution >= 0.6 is 11.6 Å². The Bertz CT molecular complexity index is 1150. The van der Waals surface area contributed by atoms with Crippen LogP contribution in [-0.2, 0) is 6.18 Å². The Labute approximate surface area is 177 Å². The molecule has 11 heteroatoms. The summed E-state index contributed by atoms with van der Waals surface area (Å²) >= 11 is 5.92. The van der Waals surface area contributed by atoms with Gasteiger partial charge in [0, 0.05) is 12.1 Å². The molecule has 0 aliphatic rings. The van der Waals surface area contributed by atoms with Gasteiger partial charge in [-0.15, -0.1) is 0 Å². The van der Waals surface area contributed by atoms with Gasteiger partial charge in [0.05, 0.1) is 26.8 Å². The lowest BCUT2D eigenvalue weighted by molar-refractivity contribution is -0.384. The Morgan fingerprint density at radius 2 is 1.71 bits per heavy atom. The molecule has 0 unspecified atom stereocenters. The maximum Gasteiger partial charge on any atom is 0.416 e. The minimum Gasteiger partial charge on any atom is -0.455 e. The van der Waals surface area contributed by atoms with Crippen molar-refractivity contribution >= 4 is 28.9 Å². The van der Waals surface area contributed by atoms with E-state index >= 15 is 0 Å². The number of anilines is 1. The minimum atomic E-state index is -4.71. The number of alkyl halides is 3. The first kappa shape index (κ1) is 22.0. The highest BCUT2D eigenvalue weighted by atomic mass is 35.5. The number of hydrogen-bond acceptors (Lipinski definition) is 4. The molecule has 0 spiro atoms. The number of carbonyl (C=O) groups is 1. The van der Waals surface area contributed by atoms with Crippen molar-refractivity contribution in [1.82, 2.24) is 0 Å². The van der Waals surface area contributed by atoms with Crippen molar-refractivity contribution in [3.8, 4) is 11.5 Å². The van der Waals surface area contributed by atoms with E-state index in [4.69, 9.17) is 16.3 Å². The molecule has 1 N–H and O–H groups in total. The molecule has 3 aromatic rings. The first-order chi connectivity index (χ1) is 14.5. The van der Waals surface area contributed by atoms with Crippen LogP contribution in [0.5, 0.6) is 11.5 Å². The summed E-state index contributed by atoms with van der Waals surface area (Å²) in [5.74, 6) is -1.61. The van der Waals surface area contributed by atoms with Crippen LogP contribution in [0.3, 0.4) is 0 Å². The molecule has 3 aromatic carbocycles. The van der Waals surface area contributed by atoms with E-state index in [2.05, 4.69) is 5.32 Å². The number of nitro groups is 1. The number of nitrogens with zero attached hydrogens (tertiary/aromatic N) is 1. The second-order valence-electron chi connectivity index (χ2n) is 6.14. The highest BCUT2D eigenvalue weighted by Gasteiger charge is 2.31. The molecule has 0 radical (unpaired) electrons. The van der Waals surface area contributed by atoms with Gasteiger partial charge < -0.3 is 10.1 Å². The van der Waals surface area contributed by atoms with E-state index in [-0.39, 0.29) is 27.8 Å². The zero-order chi connectivity index (χ0) is 22.8. The van der Waals surface area contributed by atoms with Gasteiger partial charge in [0.15, 0.2) is 5.75 Å². The molecule has 3 rings (SSSR count). The molecule has 1 amide bonds. The van der Waals surface area contributed by atoms with Crippen molar-refractivity contribution in [1.29, 1.82) is 0 Å².